The van der Waals surface area contributed by atoms with Crippen LogP contribution in [0, 0.1) is 5.92 Å². The first kappa shape index (κ1) is 14.4. The highest BCUT2D eigenvalue weighted by Crippen LogP contribution is 2.13. The van der Waals surface area contributed by atoms with Crippen molar-refractivity contribution in [1.82, 2.24) is 9.97 Å². The van der Waals surface area contributed by atoms with E-state index in [1.165, 1.54) is 0 Å². The summed E-state index contributed by atoms with van der Waals surface area (Å²) in [5.41, 5.74) is 0. The highest BCUT2D eigenvalue weighted by atomic mass is 16.1. The fourth-order valence-corrected chi connectivity index (χ4v) is 1.66. The molecule has 1 rings (SSSR count). The molecule has 1 heterocycles. The number of nitrogens with one attached hydrogen (secondary N) is 1. The molecule has 0 saturated carbocycles. The van der Waals surface area contributed by atoms with Gasteiger partial charge in [-0.2, -0.15) is 0 Å². The molecule has 0 saturated heterocycles. The standard InChI is InChI=1S/C13H22N4O/c1-10(2)8-17(4)13-7-12(15-9-16-13)14-6-5-11(3)18/h7,9-10H,5-6,8H2,1-4H3,(H,14,15,16). The van der Waals surface area contributed by atoms with Crippen LogP contribution in [-0.2, 0) is 4.79 Å². The lowest BCUT2D eigenvalue weighted by Gasteiger charge is -2.20. The summed E-state index contributed by atoms with van der Waals surface area (Å²) >= 11 is 0. The number of nitrogens with zero attached hydrogens (tertiary/aromatic N) is 3. The van der Waals surface area contributed by atoms with Crippen LogP contribution in [0.1, 0.15) is 27.2 Å². The summed E-state index contributed by atoms with van der Waals surface area (Å²) < 4.78 is 0. The largest absolute Gasteiger partial charge is 0.369 e. The van der Waals surface area contributed by atoms with Gasteiger partial charge in [-0.25, -0.2) is 9.97 Å². The minimum Gasteiger partial charge on any atom is -0.369 e. The van der Waals surface area contributed by atoms with Crippen LogP contribution in [0.5, 0.6) is 0 Å². The molecule has 0 bridgehead atoms. The fourth-order valence-electron chi connectivity index (χ4n) is 1.66. The van der Waals surface area contributed by atoms with E-state index in [1.807, 2.05) is 13.1 Å². The summed E-state index contributed by atoms with van der Waals surface area (Å²) in [5, 5.41) is 3.13. The summed E-state index contributed by atoms with van der Waals surface area (Å²) in [7, 11) is 2.02. The average molecular weight is 250 g/mol. The van der Waals surface area contributed by atoms with Gasteiger partial charge in [0.2, 0.25) is 0 Å². The molecule has 0 aliphatic heterocycles. The second-order valence-corrected chi connectivity index (χ2v) is 4.91. The third kappa shape index (κ3) is 5.12. The lowest BCUT2D eigenvalue weighted by Crippen LogP contribution is -2.23. The zero-order chi connectivity index (χ0) is 13.5. The van der Waals surface area contributed by atoms with Crippen molar-refractivity contribution in [3.63, 3.8) is 0 Å². The van der Waals surface area contributed by atoms with Gasteiger partial charge in [-0.15, -0.1) is 0 Å². The minimum absolute atomic E-state index is 0.175. The third-order valence-corrected chi connectivity index (χ3v) is 2.47. The van der Waals surface area contributed by atoms with E-state index in [0.29, 0.717) is 18.9 Å². The molecular weight excluding hydrogens is 228 g/mol. The van der Waals surface area contributed by atoms with E-state index in [2.05, 4.69) is 34.0 Å². The Morgan fingerprint density at radius 2 is 2.17 bits per heavy atom. The molecule has 1 aromatic rings. The molecule has 0 atom stereocenters. The second kappa shape index (κ2) is 6.93. The summed E-state index contributed by atoms with van der Waals surface area (Å²) in [6.45, 7) is 7.49. The van der Waals surface area contributed by atoms with Crippen molar-refractivity contribution in [2.24, 2.45) is 5.92 Å². The maximum atomic E-state index is 10.8. The average Bonchev–Trinajstić information content (AvgIpc) is 2.28. The van der Waals surface area contributed by atoms with Gasteiger partial charge in [-0.3, -0.25) is 4.79 Å². The zero-order valence-corrected chi connectivity index (χ0v) is 11.6. The molecule has 0 spiro atoms. The molecule has 1 aromatic heterocycles. The fraction of sp³-hybridized carbons (Fsp3) is 0.615. The van der Waals surface area contributed by atoms with Crippen molar-refractivity contribution in [2.45, 2.75) is 27.2 Å². The Kier molecular flexibility index (Phi) is 5.55. The van der Waals surface area contributed by atoms with E-state index >= 15 is 0 Å². The van der Waals surface area contributed by atoms with E-state index in [-0.39, 0.29) is 5.78 Å². The van der Waals surface area contributed by atoms with E-state index < -0.39 is 0 Å². The SMILES string of the molecule is CC(=O)CCNc1cc(N(C)CC(C)C)ncn1. The van der Waals surface area contributed by atoms with Crippen molar-refractivity contribution in [3.8, 4) is 0 Å². The Morgan fingerprint density at radius 1 is 1.44 bits per heavy atom. The van der Waals surface area contributed by atoms with Gasteiger partial charge in [-0.1, -0.05) is 13.8 Å². The highest BCUT2D eigenvalue weighted by Gasteiger charge is 2.06. The normalized spacial score (nSPS) is 10.5. The lowest BCUT2D eigenvalue weighted by atomic mass is 10.2. The lowest BCUT2D eigenvalue weighted by molar-refractivity contribution is -0.116. The van der Waals surface area contributed by atoms with Gasteiger partial charge in [0, 0.05) is 32.6 Å². The quantitative estimate of drug-likeness (QED) is 0.801. The van der Waals surface area contributed by atoms with E-state index in [9.17, 15) is 4.79 Å². The van der Waals surface area contributed by atoms with Crippen molar-refractivity contribution in [1.29, 1.82) is 0 Å². The predicted octanol–water partition coefficient (Wildman–Crippen LogP) is 1.96. The third-order valence-electron chi connectivity index (χ3n) is 2.47. The van der Waals surface area contributed by atoms with E-state index in [1.54, 1.807) is 13.3 Å². The van der Waals surface area contributed by atoms with Crippen molar-refractivity contribution in [2.75, 3.05) is 30.4 Å². The van der Waals surface area contributed by atoms with E-state index in [0.717, 1.165) is 18.2 Å². The minimum atomic E-state index is 0.175. The maximum Gasteiger partial charge on any atom is 0.133 e. The van der Waals surface area contributed by atoms with Crippen LogP contribution in [0.2, 0.25) is 0 Å². The molecule has 0 fully saturated rings. The van der Waals surface area contributed by atoms with Crippen molar-refractivity contribution in [3.05, 3.63) is 12.4 Å². The molecule has 5 nitrogen and oxygen atoms in total. The smallest absolute Gasteiger partial charge is 0.133 e. The maximum absolute atomic E-state index is 10.8. The molecular formula is C13H22N4O. The monoisotopic (exact) mass is 250 g/mol. The van der Waals surface area contributed by atoms with Crippen LogP contribution in [0.25, 0.3) is 0 Å². The number of carbonyl (C=O) groups excluding carboxylic acids is 1. The van der Waals surface area contributed by atoms with Gasteiger partial charge in [0.15, 0.2) is 0 Å². The van der Waals surface area contributed by atoms with Crippen LogP contribution in [0.15, 0.2) is 12.4 Å². The predicted molar refractivity (Wildman–Crippen MR) is 73.9 cm³/mol. The number of hydrogen-bond acceptors (Lipinski definition) is 5. The molecule has 5 heteroatoms. The number of ketones is 1. The molecule has 0 aliphatic rings. The van der Waals surface area contributed by atoms with Gasteiger partial charge >= 0.3 is 0 Å². The van der Waals surface area contributed by atoms with Crippen LogP contribution < -0.4 is 10.2 Å². The first-order valence-corrected chi connectivity index (χ1v) is 6.25. The second-order valence-electron chi connectivity index (χ2n) is 4.91. The Hall–Kier alpha value is -1.65. The summed E-state index contributed by atoms with van der Waals surface area (Å²) in [5.74, 6) is 2.41. The number of anilines is 2. The Morgan fingerprint density at radius 3 is 2.78 bits per heavy atom. The number of hydrogen-bond donors (Lipinski definition) is 1. The van der Waals surface area contributed by atoms with Gasteiger partial charge < -0.3 is 10.2 Å². The highest BCUT2D eigenvalue weighted by molar-refractivity contribution is 5.75. The number of carbonyl (C=O) groups is 1. The Bertz CT molecular complexity index is 392. The molecule has 1 N–H and O–H groups in total. The topological polar surface area (TPSA) is 58.1 Å². The zero-order valence-electron chi connectivity index (χ0n) is 11.6. The van der Waals surface area contributed by atoms with Gasteiger partial charge in [0.1, 0.15) is 23.7 Å². The number of aromatic nitrogens is 2. The number of rotatable bonds is 7. The van der Waals surface area contributed by atoms with Gasteiger partial charge in [-0.05, 0) is 12.8 Å². The summed E-state index contributed by atoms with van der Waals surface area (Å²) in [4.78, 5) is 21.3. The van der Waals surface area contributed by atoms with Gasteiger partial charge in [0.05, 0.1) is 0 Å². The van der Waals surface area contributed by atoms with Crippen LogP contribution in [0.4, 0.5) is 11.6 Å². The molecule has 0 aliphatic carbocycles. The first-order chi connectivity index (χ1) is 8.49. The molecule has 18 heavy (non-hydrogen) atoms. The van der Waals surface area contributed by atoms with Crippen LogP contribution >= 0.6 is 0 Å². The number of Topliss-reactive ketones (excluding diaryl/α,β-unsaturated/α-hetero) is 1. The van der Waals surface area contributed by atoms with Crippen molar-refractivity contribution < 1.29 is 4.79 Å². The molecule has 0 radical (unpaired) electrons. The Labute approximate surface area is 109 Å². The molecule has 0 aromatic carbocycles. The summed E-state index contributed by atoms with van der Waals surface area (Å²) in [6.07, 6.45) is 2.06. The molecule has 0 unspecified atom stereocenters. The van der Waals surface area contributed by atoms with Crippen LogP contribution in [0.3, 0.4) is 0 Å². The van der Waals surface area contributed by atoms with Crippen molar-refractivity contribution >= 4 is 17.4 Å². The van der Waals surface area contributed by atoms with E-state index in [4.69, 9.17) is 0 Å². The molecule has 100 valence electrons. The van der Waals surface area contributed by atoms with Gasteiger partial charge in [0.25, 0.3) is 0 Å². The first-order valence-electron chi connectivity index (χ1n) is 6.25. The Balaban J connectivity index is 2.58. The van der Waals surface area contributed by atoms with Crippen LogP contribution in [-0.4, -0.2) is 35.9 Å². The summed E-state index contributed by atoms with van der Waals surface area (Å²) in [6, 6.07) is 1.91. The molecule has 0 amide bonds.